The van der Waals surface area contributed by atoms with Crippen molar-refractivity contribution in [1.82, 2.24) is 19.9 Å². The van der Waals surface area contributed by atoms with E-state index in [-0.39, 0.29) is 29.9 Å². The highest BCUT2D eigenvalue weighted by molar-refractivity contribution is 5.93. The minimum atomic E-state index is -0.670. The van der Waals surface area contributed by atoms with Gasteiger partial charge in [-0.15, -0.1) is 0 Å². The molecule has 2 saturated heterocycles. The van der Waals surface area contributed by atoms with Crippen molar-refractivity contribution in [3.05, 3.63) is 23.9 Å². The van der Waals surface area contributed by atoms with Gasteiger partial charge in [0, 0.05) is 20.5 Å². The fourth-order valence-electron chi connectivity index (χ4n) is 4.52. The number of likely N-dealkylation sites (tertiary alicyclic amines) is 1. The monoisotopic (exact) mass is 374 g/mol. The standard InChI is InChI=1S/C19H26N4O4/c1-11-20-13(21-27-11)8-22(5)16(24)14-12-6-7-19(26-12)10-23(9-18(2,3)4)17(25)15(14)19/h6-7,12,14-15H,8-10H2,1-5H3/t12-,14?,15?,19-/m0/s1. The van der Waals surface area contributed by atoms with Gasteiger partial charge in [0.1, 0.15) is 5.60 Å². The number of aryl methyl sites for hydroxylation is 1. The second-order valence-electron chi connectivity index (χ2n) is 9.08. The molecule has 0 radical (unpaired) electrons. The van der Waals surface area contributed by atoms with Gasteiger partial charge in [-0.3, -0.25) is 9.59 Å². The molecule has 8 nitrogen and oxygen atoms in total. The first kappa shape index (κ1) is 18.2. The van der Waals surface area contributed by atoms with Gasteiger partial charge >= 0.3 is 0 Å². The van der Waals surface area contributed by atoms with Crippen LogP contribution in [0.4, 0.5) is 0 Å². The van der Waals surface area contributed by atoms with Crippen LogP contribution in [0, 0.1) is 24.2 Å². The van der Waals surface area contributed by atoms with Crippen molar-refractivity contribution in [1.29, 1.82) is 0 Å². The smallest absolute Gasteiger partial charge is 0.230 e. The summed E-state index contributed by atoms with van der Waals surface area (Å²) in [7, 11) is 1.70. The van der Waals surface area contributed by atoms with Gasteiger partial charge < -0.3 is 19.1 Å². The molecule has 4 rings (SSSR count). The highest BCUT2D eigenvalue weighted by Gasteiger charge is 2.67. The number of fused-ring (bicyclic) bond motifs is 1. The van der Waals surface area contributed by atoms with Crippen molar-refractivity contribution < 1.29 is 18.8 Å². The Labute approximate surface area is 158 Å². The molecular weight excluding hydrogens is 348 g/mol. The number of hydrogen-bond donors (Lipinski definition) is 0. The summed E-state index contributed by atoms with van der Waals surface area (Å²) in [6, 6.07) is 0. The van der Waals surface area contributed by atoms with E-state index >= 15 is 0 Å². The van der Waals surface area contributed by atoms with Gasteiger partial charge in [0.15, 0.2) is 5.82 Å². The number of nitrogens with zero attached hydrogens (tertiary/aromatic N) is 4. The molecule has 1 spiro atoms. The third kappa shape index (κ3) is 2.96. The summed E-state index contributed by atoms with van der Waals surface area (Å²) in [6.45, 7) is 9.40. The lowest BCUT2D eigenvalue weighted by Crippen LogP contribution is -2.45. The SMILES string of the molecule is Cc1nc(CN(C)C(=O)C2C3C(=O)N(CC(C)(C)C)C[C@@]34C=C[C@@H]2O4)no1. The topological polar surface area (TPSA) is 88.8 Å². The summed E-state index contributed by atoms with van der Waals surface area (Å²) in [6.07, 6.45) is 3.56. The zero-order valence-electron chi connectivity index (χ0n) is 16.4. The van der Waals surface area contributed by atoms with E-state index in [1.54, 1.807) is 18.9 Å². The van der Waals surface area contributed by atoms with Crippen molar-refractivity contribution in [2.24, 2.45) is 17.3 Å². The third-order valence-corrected chi connectivity index (χ3v) is 5.45. The molecule has 3 aliphatic heterocycles. The quantitative estimate of drug-likeness (QED) is 0.735. The molecule has 0 aromatic carbocycles. The summed E-state index contributed by atoms with van der Waals surface area (Å²) >= 11 is 0. The molecule has 3 aliphatic rings. The Hall–Kier alpha value is -2.22. The highest BCUT2D eigenvalue weighted by atomic mass is 16.5. The molecule has 4 atom stereocenters. The second kappa shape index (κ2) is 5.89. The number of amides is 2. The van der Waals surface area contributed by atoms with Crippen molar-refractivity contribution in [2.75, 3.05) is 20.1 Å². The molecule has 0 N–H and O–H groups in total. The molecule has 1 aromatic rings. The van der Waals surface area contributed by atoms with E-state index in [4.69, 9.17) is 9.26 Å². The van der Waals surface area contributed by atoms with Gasteiger partial charge in [-0.1, -0.05) is 38.1 Å². The lowest BCUT2D eigenvalue weighted by Gasteiger charge is -2.29. The van der Waals surface area contributed by atoms with E-state index in [9.17, 15) is 9.59 Å². The first-order valence-corrected chi connectivity index (χ1v) is 9.30. The maximum Gasteiger partial charge on any atom is 0.230 e. The summed E-state index contributed by atoms with van der Waals surface area (Å²) in [5, 5.41) is 3.84. The molecular formula is C19H26N4O4. The van der Waals surface area contributed by atoms with Crippen LogP contribution in [0.3, 0.4) is 0 Å². The van der Waals surface area contributed by atoms with Gasteiger partial charge in [0.05, 0.1) is 31.0 Å². The Morgan fingerprint density at radius 2 is 2.19 bits per heavy atom. The van der Waals surface area contributed by atoms with E-state index in [0.717, 1.165) is 0 Å². The number of ether oxygens (including phenoxy) is 1. The van der Waals surface area contributed by atoms with Gasteiger partial charge in [0.2, 0.25) is 17.7 Å². The minimum absolute atomic E-state index is 0.0129. The fourth-order valence-corrected chi connectivity index (χ4v) is 4.52. The van der Waals surface area contributed by atoms with Crippen molar-refractivity contribution >= 4 is 11.8 Å². The van der Waals surface area contributed by atoms with E-state index < -0.39 is 17.4 Å². The van der Waals surface area contributed by atoms with Crippen LogP contribution in [0.1, 0.15) is 32.5 Å². The predicted molar refractivity (Wildman–Crippen MR) is 95.3 cm³/mol. The summed E-state index contributed by atoms with van der Waals surface area (Å²) in [4.78, 5) is 33.9. The summed E-state index contributed by atoms with van der Waals surface area (Å²) < 4.78 is 11.1. The maximum atomic E-state index is 13.2. The van der Waals surface area contributed by atoms with Gasteiger partial charge in [-0.05, 0) is 5.41 Å². The Kier molecular flexibility index (Phi) is 3.96. The third-order valence-electron chi connectivity index (χ3n) is 5.45. The molecule has 8 heteroatoms. The Bertz CT molecular complexity index is 811. The molecule has 2 bridgehead atoms. The van der Waals surface area contributed by atoms with Crippen LogP contribution < -0.4 is 0 Å². The highest BCUT2D eigenvalue weighted by Crippen LogP contribution is 2.52. The lowest BCUT2D eigenvalue weighted by atomic mass is 9.76. The Morgan fingerprint density at radius 1 is 1.44 bits per heavy atom. The molecule has 146 valence electrons. The first-order chi connectivity index (χ1) is 12.6. The van der Waals surface area contributed by atoms with Crippen LogP contribution in [-0.4, -0.2) is 63.6 Å². The van der Waals surface area contributed by atoms with Crippen LogP contribution in [0.15, 0.2) is 16.7 Å². The zero-order valence-corrected chi connectivity index (χ0v) is 16.4. The van der Waals surface area contributed by atoms with Crippen LogP contribution in [0.5, 0.6) is 0 Å². The summed E-state index contributed by atoms with van der Waals surface area (Å²) in [5.74, 6) is -0.171. The van der Waals surface area contributed by atoms with Crippen LogP contribution in [0.25, 0.3) is 0 Å². The number of carbonyl (C=O) groups excluding carboxylic acids is 2. The van der Waals surface area contributed by atoms with E-state index in [2.05, 4.69) is 30.9 Å². The number of carbonyl (C=O) groups is 2. The molecule has 2 unspecified atom stereocenters. The average molecular weight is 374 g/mol. The molecule has 2 amide bonds. The first-order valence-electron chi connectivity index (χ1n) is 9.30. The largest absolute Gasteiger partial charge is 0.360 e. The van der Waals surface area contributed by atoms with Crippen molar-refractivity contribution in [2.45, 2.75) is 45.9 Å². The normalized spacial score (nSPS) is 31.7. The van der Waals surface area contributed by atoms with E-state index in [1.165, 1.54) is 0 Å². The molecule has 27 heavy (non-hydrogen) atoms. The van der Waals surface area contributed by atoms with Gasteiger partial charge in [-0.2, -0.15) is 4.98 Å². The van der Waals surface area contributed by atoms with E-state index in [1.807, 2.05) is 17.1 Å². The van der Waals surface area contributed by atoms with Gasteiger partial charge in [-0.25, -0.2) is 0 Å². The zero-order chi connectivity index (χ0) is 19.6. The second-order valence-corrected chi connectivity index (χ2v) is 9.08. The van der Waals surface area contributed by atoms with E-state index in [0.29, 0.717) is 24.8 Å². The Morgan fingerprint density at radius 3 is 2.81 bits per heavy atom. The molecule has 0 aliphatic carbocycles. The maximum absolute atomic E-state index is 13.2. The molecule has 2 fully saturated rings. The van der Waals surface area contributed by atoms with Crippen molar-refractivity contribution in [3.63, 3.8) is 0 Å². The van der Waals surface area contributed by atoms with Crippen LogP contribution in [0.2, 0.25) is 0 Å². The summed E-state index contributed by atoms with van der Waals surface area (Å²) in [5.41, 5.74) is -0.684. The van der Waals surface area contributed by atoms with Crippen molar-refractivity contribution in [3.8, 4) is 0 Å². The average Bonchev–Trinajstić information content (AvgIpc) is 3.28. The Balaban J connectivity index is 1.54. The number of rotatable bonds is 4. The van der Waals surface area contributed by atoms with Crippen LogP contribution in [-0.2, 0) is 20.9 Å². The fraction of sp³-hybridized carbons (Fsp3) is 0.684. The molecule has 0 saturated carbocycles. The molecule has 4 heterocycles. The lowest BCUT2D eigenvalue weighted by molar-refractivity contribution is -0.143. The van der Waals surface area contributed by atoms with Gasteiger partial charge in [0.25, 0.3) is 0 Å². The number of hydrogen-bond acceptors (Lipinski definition) is 6. The molecule has 1 aromatic heterocycles. The van der Waals surface area contributed by atoms with Crippen LogP contribution >= 0.6 is 0 Å². The minimum Gasteiger partial charge on any atom is -0.360 e. The predicted octanol–water partition coefficient (Wildman–Crippen LogP) is 1.16. The number of aromatic nitrogens is 2.